The van der Waals surface area contributed by atoms with Crippen LogP contribution in [-0.4, -0.2) is 23.2 Å². The number of hydrogen-bond donors (Lipinski definition) is 1. The van der Waals surface area contributed by atoms with Crippen molar-refractivity contribution in [2.24, 2.45) is 5.14 Å². The standard InChI is InChI=1S/C9H11BrN4O2S2/c1-2-4-14-8(7-6(10)3-5-17-7)12-13-9(14)18(11,15)16/h3,5H,2,4H2,1H3,(H2,11,15,16). The van der Waals surface area contributed by atoms with Crippen LogP contribution in [-0.2, 0) is 16.6 Å². The molecule has 2 heterocycles. The van der Waals surface area contributed by atoms with Crippen LogP contribution in [0.2, 0.25) is 0 Å². The molecule has 0 saturated carbocycles. The van der Waals surface area contributed by atoms with Gasteiger partial charge in [-0.2, -0.15) is 0 Å². The number of aromatic nitrogens is 3. The first-order valence-corrected chi connectivity index (χ1v) is 8.36. The van der Waals surface area contributed by atoms with Crippen LogP contribution in [0.15, 0.2) is 21.1 Å². The van der Waals surface area contributed by atoms with Crippen LogP contribution in [0.3, 0.4) is 0 Å². The highest BCUT2D eigenvalue weighted by Gasteiger charge is 2.23. The molecule has 0 fully saturated rings. The Labute approximate surface area is 117 Å². The summed E-state index contributed by atoms with van der Waals surface area (Å²) in [6.45, 7) is 2.44. The first-order valence-electron chi connectivity index (χ1n) is 5.14. The number of hydrogen-bond acceptors (Lipinski definition) is 5. The first-order chi connectivity index (χ1) is 8.45. The molecule has 2 N–H and O–H groups in total. The van der Waals surface area contributed by atoms with Gasteiger partial charge >= 0.3 is 0 Å². The van der Waals surface area contributed by atoms with E-state index in [1.165, 1.54) is 15.9 Å². The van der Waals surface area contributed by atoms with Crippen molar-refractivity contribution >= 4 is 37.3 Å². The maximum atomic E-state index is 11.4. The number of nitrogens with two attached hydrogens (primary N) is 1. The van der Waals surface area contributed by atoms with Gasteiger partial charge in [0.2, 0.25) is 0 Å². The predicted octanol–water partition coefficient (Wildman–Crippen LogP) is 1.83. The van der Waals surface area contributed by atoms with Gasteiger partial charge in [-0.3, -0.25) is 4.57 Å². The second-order valence-corrected chi connectivity index (χ2v) is 6.83. The van der Waals surface area contributed by atoms with Crippen molar-refractivity contribution in [2.75, 3.05) is 0 Å². The third-order valence-electron chi connectivity index (χ3n) is 2.24. The van der Waals surface area contributed by atoms with E-state index in [1.54, 1.807) is 0 Å². The van der Waals surface area contributed by atoms with Crippen molar-refractivity contribution in [1.29, 1.82) is 0 Å². The van der Waals surface area contributed by atoms with Gasteiger partial charge in [-0.05, 0) is 33.8 Å². The van der Waals surface area contributed by atoms with Crippen molar-refractivity contribution < 1.29 is 8.42 Å². The van der Waals surface area contributed by atoms with E-state index in [-0.39, 0.29) is 5.16 Å². The summed E-state index contributed by atoms with van der Waals surface area (Å²) in [6, 6.07) is 1.88. The Morgan fingerprint density at radius 2 is 2.22 bits per heavy atom. The highest BCUT2D eigenvalue weighted by Crippen LogP contribution is 2.33. The third-order valence-corrected chi connectivity index (χ3v) is 4.88. The molecule has 2 aromatic rings. The van der Waals surface area contributed by atoms with Gasteiger partial charge in [0.15, 0.2) is 5.82 Å². The second kappa shape index (κ2) is 5.08. The van der Waals surface area contributed by atoms with Crippen LogP contribution >= 0.6 is 27.3 Å². The van der Waals surface area contributed by atoms with Crippen LogP contribution in [0.5, 0.6) is 0 Å². The molecule has 0 radical (unpaired) electrons. The van der Waals surface area contributed by atoms with E-state index in [1.807, 2.05) is 18.4 Å². The second-order valence-electron chi connectivity index (χ2n) is 3.60. The smallest absolute Gasteiger partial charge is 0.273 e. The van der Waals surface area contributed by atoms with Gasteiger partial charge in [0.05, 0.1) is 4.88 Å². The van der Waals surface area contributed by atoms with Crippen LogP contribution in [0.4, 0.5) is 0 Å². The van der Waals surface area contributed by atoms with Gasteiger partial charge in [-0.1, -0.05) is 6.92 Å². The summed E-state index contributed by atoms with van der Waals surface area (Å²) < 4.78 is 25.3. The third kappa shape index (κ3) is 2.48. The highest BCUT2D eigenvalue weighted by atomic mass is 79.9. The Balaban J connectivity index is 2.63. The Morgan fingerprint density at radius 1 is 1.50 bits per heavy atom. The van der Waals surface area contributed by atoms with Gasteiger partial charge in [0.1, 0.15) is 0 Å². The van der Waals surface area contributed by atoms with E-state index in [0.717, 1.165) is 15.8 Å². The first kappa shape index (κ1) is 13.7. The topological polar surface area (TPSA) is 90.9 Å². The number of primary sulfonamides is 1. The SMILES string of the molecule is CCCn1c(-c2sccc2Br)nnc1S(N)(=O)=O. The zero-order valence-corrected chi connectivity index (χ0v) is 12.7. The van der Waals surface area contributed by atoms with Gasteiger partial charge in [0, 0.05) is 11.0 Å². The lowest BCUT2D eigenvalue weighted by Crippen LogP contribution is -2.19. The molecule has 0 spiro atoms. The molecule has 0 unspecified atom stereocenters. The zero-order chi connectivity index (χ0) is 13.3. The average molecular weight is 351 g/mol. The van der Waals surface area contributed by atoms with E-state index in [9.17, 15) is 8.42 Å². The van der Waals surface area contributed by atoms with Crippen molar-refractivity contribution in [3.05, 3.63) is 15.9 Å². The lowest BCUT2D eigenvalue weighted by Gasteiger charge is -2.06. The van der Waals surface area contributed by atoms with Crippen molar-refractivity contribution in [1.82, 2.24) is 14.8 Å². The minimum atomic E-state index is -3.86. The zero-order valence-electron chi connectivity index (χ0n) is 9.50. The molecule has 9 heteroatoms. The largest absolute Gasteiger partial charge is 0.296 e. The summed E-state index contributed by atoms with van der Waals surface area (Å²) in [6.07, 6.45) is 0.760. The number of thiophene rings is 1. The van der Waals surface area contributed by atoms with Gasteiger partial charge in [-0.15, -0.1) is 21.5 Å². The Bertz CT molecular complexity index is 662. The predicted molar refractivity (Wildman–Crippen MR) is 72.7 cm³/mol. The fraction of sp³-hybridized carbons (Fsp3) is 0.333. The van der Waals surface area contributed by atoms with Crippen LogP contribution in [0.1, 0.15) is 13.3 Å². The molecule has 18 heavy (non-hydrogen) atoms. The number of rotatable bonds is 4. The molecule has 0 aliphatic carbocycles. The lowest BCUT2D eigenvalue weighted by atomic mass is 10.4. The lowest BCUT2D eigenvalue weighted by molar-refractivity contribution is 0.560. The Morgan fingerprint density at radius 3 is 2.72 bits per heavy atom. The van der Waals surface area contributed by atoms with Gasteiger partial charge < -0.3 is 0 Å². The molecule has 0 aromatic carbocycles. The van der Waals surface area contributed by atoms with Crippen LogP contribution in [0.25, 0.3) is 10.7 Å². The van der Waals surface area contributed by atoms with Crippen LogP contribution < -0.4 is 5.14 Å². The molecule has 0 atom stereocenters. The van der Waals surface area contributed by atoms with E-state index >= 15 is 0 Å². The van der Waals surface area contributed by atoms with Crippen molar-refractivity contribution in [2.45, 2.75) is 25.0 Å². The highest BCUT2D eigenvalue weighted by molar-refractivity contribution is 9.10. The number of halogens is 1. The average Bonchev–Trinajstić information content (AvgIpc) is 2.84. The molecular weight excluding hydrogens is 340 g/mol. The van der Waals surface area contributed by atoms with Gasteiger partial charge in [-0.25, -0.2) is 13.6 Å². The van der Waals surface area contributed by atoms with Crippen molar-refractivity contribution in [3.63, 3.8) is 0 Å². The monoisotopic (exact) mass is 350 g/mol. The molecule has 0 saturated heterocycles. The van der Waals surface area contributed by atoms with Gasteiger partial charge in [0.25, 0.3) is 15.2 Å². The summed E-state index contributed by atoms with van der Waals surface area (Å²) >= 11 is 4.86. The number of nitrogens with zero attached hydrogens (tertiary/aromatic N) is 3. The Kier molecular flexibility index (Phi) is 3.85. The van der Waals surface area contributed by atoms with E-state index in [2.05, 4.69) is 26.1 Å². The molecule has 0 aliphatic rings. The van der Waals surface area contributed by atoms with E-state index < -0.39 is 10.0 Å². The summed E-state index contributed by atoms with van der Waals surface area (Å²) in [5, 5.41) is 14.5. The summed E-state index contributed by atoms with van der Waals surface area (Å²) in [5.74, 6) is 0.516. The summed E-state index contributed by atoms with van der Waals surface area (Å²) in [5.41, 5.74) is 0. The molecule has 2 aromatic heterocycles. The fourth-order valence-electron chi connectivity index (χ4n) is 1.55. The molecule has 0 aliphatic heterocycles. The summed E-state index contributed by atoms with van der Waals surface area (Å²) in [4.78, 5) is 0.839. The Hall–Kier alpha value is -0.770. The minimum Gasteiger partial charge on any atom is -0.296 e. The molecule has 98 valence electrons. The normalized spacial score (nSPS) is 11.9. The maximum absolute atomic E-state index is 11.4. The van der Waals surface area contributed by atoms with E-state index in [4.69, 9.17) is 5.14 Å². The quantitative estimate of drug-likeness (QED) is 0.910. The van der Waals surface area contributed by atoms with Crippen molar-refractivity contribution in [3.8, 4) is 10.7 Å². The molecular formula is C9H11BrN4O2S2. The molecule has 6 nitrogen and oxygen atoms in total. The summed E-state index contributed by atoms with van der Waals surface area (Å²) in [7, 11) is -3.86. The fourth-order valence-corrected chi connectivity index (χ4v) is 3.73. The van der Waals surface area contributed by atoms with Crippen LogP contribution in [0, 0.1) is 0 Å². The molecule has 0 amide bonds. The molecule has 2 rings (SSSR count). The number of sulfonamides is 1. The van der Waals surface area contributed by atoms with E-state index in [0.29, 0.717) is 12.4 Å². The maximum Gasteiger partial charge on any atom is 0.273 e. The molecule has 0 bridgehead atoms. The minimum absolute atomic E-state index is 0.195.